The van der Waals surface area contributed by atoms with Crippen LogP contribution in [0.2, 0.25) is 0 Å². The van der Waals surface area contributed by atoms with E-state index >= 15 is 0 Å². The fourth-order valence-corrected chi connectivity index (χ4v) is 5.25. The standard InChI is InChI=1S/C19H27N/c1-14-4-2-3-5-18(14)16-8-10-20(11-9-16)19-13-15-6-7-17(19)12-15/h2-5,15-17,19H,6-13H2,1H3/t15-,17-,19+/m0/s1. The Kier molecular flexibility index (Phi) is 3.34. The molecule has 1 aliphatic heterocycles. The van der Waals surface area contributed by atoms with Gasteiger partial charge in [0.1, 0.15) is 0 Å². The molecule has 3 aliphatic rings. The van der Waals surface area contributed by atoms with Gasteiger partial charge in [0.15, 0.2) is 0 Å². The Labute approximate surface area is 123 Å². The molecule has 1 heteroatoms. The molecule has 2 bridgehead atoms. The van der Waals surface area contributed by atoms with Gasteiger partial charge in [-0.3, -0.25) is 0 Å². The van der Waals surface area contributed by atoms with Crippen molar-refractivity contribution in [3.8, 4) is 0 Å². The highest BCUT2D eigenvalue weighted by Crippen LogP contribution is 2.47. The van der Waals surface area contributed by atoms with Crippen LogP contribution in [0.5, 0.6) is 0 Å². The maximum atomic E-state index is 2.85. The van der Waals surface area contributed by atoms with Crippen molar-refractivity contribution in [1.29, 1.82) is 0 Å². The van der Waals surface area contributed by atoms with Crippen molar-refractivity contribution in [3.63, 3.8) is 0 Å². The zero-order chi connectivity index (χ0) is 13.5. The number of aryl methyl sites for hydroxylation is 1. The lowest BCUT2D eigenvalue weighted by atomic mass is 9.85. The second-order valence-electron chi connectivity index (χ2n) is 7.41. The molecule has 1 heterocycles. The van der Waals surface area contributed by atoms with E-state index in [1.165, 1.54) is 50.8 Å². The zero-order valence-electron chi connectivity index (χ0n) is 12.7. The second kappa shape index (κ2) is 5.18. The van der Waals surface area contributed by atoms with Crippen LogP contribution in [-0.4, -0.2) is 24.0 Å². The molecule has 20 heavy (non-hydrogen) atoms. The lowest BCUT2D eigenvalue weighted by Crippen LogP contribution is -2.43. The monoisotopic (exact) mass is 269 g/mol. The molecule has 108 valence electrons. The first-order valence-corrected chi connectivity index (χ1v) is 8.61. The number of hydrogen-bond donors (Lipinski definition) is 0. The summed E-state index contributed by atoms with van der Waals surface area (Å²) in [6.45, 7) is 4.96. The van der Waals surface area contributed by atoms with Gasteiger partial charge in [0.25, 0.3) is 0 Å². The summed E-state index contributed by atoms with van der Waals surface area (Å²) < 4.78 is 0. The van der Waals surface area contributed by atoms with Gasteiger partial charge in [-0.1, -0.05) is 30.7 Å². The van der Waals surface area contributed by atoms with E-state index in [1.54, 1.807) is 12.0 Å². The molecule has 1 saturated heterocycles. The third kappa shape index (κ3) is 2.20. The van der Waals surface area contributed by atoms with E-state index < -0.39 is 0 Å². The Balaban J connectivity index is 1.40. The topological polar surface area (TPSA) is 3.24 Å². The SMILES string of the molecule is Cc1ccccc1C1CCN([C@@H]2C[C@H]3CC[C@H]2C3)CC1. The van der Waals surface area contributed by atoms with Crippen LogP contribution < -0.4 is 0 Å². The average Bonchev–Trinajstić information content (AvgIpc) is 3.11. The normalized spacial score (nSPS) is 34.8. The predicted octanol–water partition coefficient (Wildman–Crippen LogP) is 4.36. The van der Waals surface area contributed by atoms with E-state index in [2.05, 4.69) is 36.1 Å². The Morgan fingerprint density at radius 2 is 1.75 bits per heavy atom. The van der Waals surface area contributed by atoms with Gasteiger partial charge in [-0.25, -0.2) is 0 Å². The Morgan fingerprint density at radius 3 is 2.40 bits per heavy atom. The summed E-state index contributed by atoms with van der Waals surface area (Å²) in [5, 5.41) is 0. The first-order valence-electron chi connectivity index (χ1n) is 8.61. The Morgan fingerprint density at radius 1 is 0.950 bits per heavy atom. The van der Waals surface area contributed by atoms with Crippen molar-refractivity contribution in [2.45, 2.75) is 57.4 Å². The molecule has 1 nitrogen and oxygen atoms in total. The van der Waals surface area contributed by atoms with E-state index in [4.69, 9.17) is 0 Å². The molecule has 0 spiro atoms. The van der Waals surface area contributed by atoms with Crippen LogP contribution in [0.15, 0.2) is 24.3 Å². The maximum absolute atomic E-state index is 2.85. The number of fused-ring (bicyclic) bond motifs is 2. The van der Waals surface area contributed by atoms with Gasteiger partial charge in [0, 0.05) is 6.04 Å². The van der Waals surface area contributed by atoms with Crippen molar-refractivity contribution in [2.24, 2.45) is 11.8 Å². The van der Waals surface area contributed by atoms with Crippen LogP contribution >= 0.6 is 0 Å². The van der Waals surface area contributed by atoms with E-state index in [1.807, 2.05) is 0 Å². The Hall–Kier alpha value is -0.820. The molecule has 3 fully saturated rings. The predicted molar refractivity (Wildman–Crippen MR) is 84.0 cm³/mol. The third-order valence-corrected chi connectivity index (χ3v) is 6.33. The van der Waals surface area contributed by atoms with Crippen LogP contribution in [0.3, 0.4) is 0 Å². The molecule has 0 radical (unpaired) electrons. The summed E-state index contributed by atoms with van der Waals surface area (Å²) >= 11 is 0. The number of benzene rings is 1. The molecule has 4 rings (SSSR count). The van der Waals surface area contributed by atoms with Crippen molar-refractivity contribution in [3.05, 3.63) is 35.4 Å². The summed E-state index contributed by atoms with van der Waals surface area (Å²) in [6.07, 6.45) is 8.85. The number of rotatable bonds is 2. The van der Waals surface area contributed by atoms with Gasteiger partial charge < -0.3 is 4.90 Å². The summed E-state index contributed by atoms with van der Waals surface area (Å²) in [4.78, 5) is 2.85. The fourth-order valence-electron chi connectivity index (χ4n) is 5.25. The first-order chi connectivity index (χ1) is 9.81. The largest absolute Gasteiger partial charge is 0.300 e. The average molecular weight is 269 g/mol. The molecule has 1 aromatic rings. The Bertz CT molecular complexity index is 472. The first kappa shape index (κ1) is 12.9. The van der Waals surface area contributed by atoms with E-state index in [0.29, 0.717) is 0 Å². The van der Waals surface area contributed by atoms with E-state index in [0.717, 1.165) is 23.8 Å². The summed E-state index contributed by atoms with van der Waals surface area (Å²) in [5.41, 5.74) is 3.10. The molecule has 0 aromatic heterocycles. The van der Waals surface area contributed by atoms with Crippen LogP contribution in [0.1, 0.15) is 55.6 Å². The van der Waals surface area contributed by atoms with Crippen molar-refractivity contribution >= 4 is 0 Å². The van der Waals surface area contributed by atoms with Gasteiger partial charge >= 0.3 is 0 Å². The minimum Gasteiger partial charge on any atom is -0.300 e. The lowest BCUT2D eigenvalue weighted by Gasteiger charge is -2.40. The number of nitrogens with zero attached hydrogens (tertiary/aromatic N) is 1. The van der Waals surface area contributed by atoms with Gasteiger partial charge in [-0.15, -0.1) is 0 Å². The molecule has 0 unspecified atom stereocenters. The van der Waals surface area contributed by atoms with Crippen LogP contribution in [0.4, 0.5) is 0 Å². The highest BCUT2D eigenvalue weighted by Gasteiger charge is 2.42. The molecule has 1 aromatic carbocycles. The minimum absolute atomic E-state index is 0.811. The van der Waals surface area contributed by atoms with Crippen molar-refractivity contribution in [1.82, 2.24) is 4.90 Å². The van der Waals surface area contributed by atoms with Crippen LogP contribution in [0, 0.1) is 18.8 Å². The molecule has 0 amide bonds. The van der Waals surface area contributed by atoms with Crippen molar-refractivity contribution in [2.75, 3.05) is 13.1 Å². The van der Waals surface area contributed by atoms with E-state index in [-0.39, 0.29) is 0 Å². The summed E-state index contributed by atoms with van der Waals surface area (Å²) in [6, 6.07) is 9.96. The molecule has 0 N–H and O–H groups in total. The molecule has 3 atom stereocenters. The summed E-state index contributed by atoms with van der Waals surface area (Å²) in [5.74, 6) is 2.94. The molecule has 2 aliphatic carbocycles. The smallest absolute Gasteiger partial charge is 0.0126 e. The third-order valence-electron chi connectivity index (χ3n) is 6.33. The van der Waals surface area contributed by atoms with Gasteiger partial charge in [0.05, 0.1) is 0 Å². The zero-order valence-corrected chi connectivity index (χ0v) is 12.7. The lowest BCUT2D eigenvalue weighted by molar-refractivity contribution is 0.110. The highest BCUT2D eigenvalue weighted by atomic mass is 15.2. The minimum atomic E-state index is 0.811. The number of piperidine rings is 1. The maximum Gasteiger partial charge on any atom is 0.0126 e. The van der Waals surface area contributed by atoms with Crippen molar-refractivity contribution < 1.29 is 0 Å². The second-order valence-corrected chi connectivity index (χ2v) is 7.41. The number of likely N-dealkylation sites (tertiary alicyclic amines) is 1. The van der Waals surface area contributed by atoms with Gasteiger partial charge in [-0.2, -0.15) is 0 Å². The quantitative estimate of drug-likeness (QED) is 0.771. The molecular formula is C19H27N. The van der Waals surface area contributed by atoms with Gasteiger partial charge in [0.2, 0.25) is 0 Å². The fraction of sp³-hybridized carbons (Fsp3) is 0.684. The van der Waals surface area contributed by atoms with Gasteiger partial charge in [-0.05, 0) is 81.0 Å². The molecular weight excluding hydrogens is 242 g/mol. The highest BCUT2D eigenvalue weighted by molar-refractivity contribution is 5.29. The van der Waals surface area contributed by atoms with Crippen LogP contribution in [0.25, 0.3) is 0 Å². The number of hydrogen-bond acceptors (Lipinski definition) is 1. The van der Waals surface area contributed by atoms with E-state index in [9.17, 15) is 0 Å². The molecule has 2 saturated carbocycles. The summed E-state index contributed by atoms with van der Waals surface area (Å²) in [7, 11) is 0. The van der Waals surface area contributed by atoms with Crippen LogP contribution in [-0.2, 0) is 0 Å².